The largest absolute Gasteiger partial charge is 0.493 e. The molecule has 0 aliphatic carbocycles. The summed E-state index contributed by atoms with van der Waals surface area (Å²) in [6.07, 6.45) is 4.84. The summed E-state index contributed by atoms with van der Waals surface area (Å²) in [6.45, 7) is 5.37. The van der Waals surface area contributed by atoms with E-state index in [1.807, 2.05) is 12.1 Å². The zero-order valence-electron chi connectivity index (χ0n) is 13.9. The van der Waals surface area contributed by atoms with Crippen molar-refractivity contribution in [3.8, 4) is 5.75 Å². The highest BCUT2D eigenvalue weighted by Crippen LogP contribution is 2.34. The van der Waals surface area contributed by atoms with Gasteiger partial charge in [0.15, 0.2) is 0 Å². The van der Waals surface area contributed by atoms with E-state index in [1.54, 1.807) is 6.07 Å². The molecule has 23 heavy (non-hydrogen) atoms. The molecule has 4 nitrogen and oxygen atoms in total. The number of carbonyl (C=O) groups is 1. The summed E-state index contributed by atoms with van der Waals surface area (Å²) in [4.78, 5) is 12.1. The van der Waals surface area contributed by atoms with Crippen LogP contribution in [0.2, 0.25) is 5.02 Å². The number of hydrogen-bond donors (Lipinski definition) is 1. The molecule has 1 aromatic carbocycles. The Morgan fingerprint density at radius 2 is 2.30 bits per heavy atom. The van der Waals surface area contributed by atoms with Gasteiger partial charge in [-0.2, -0.15) is 0 Å². The molecule has 1 aliphatic heterocycles. The van der Waals surface area contributed by atoms with Crippen molar-refractivity contribution < 1.29 is 14.3 Å². The fourth-order valence-corrected chi connectivity index (χ4v) is 2.97. The maximum atomic E-state index is 12.1. The molecule has 0 saturated carbocycles. The van der Waals surface area contributed by atoms with Crippen LogP contribution in [0.5, 0.6) is 5.75 Å². The maximum absolute atomic E-state index is 12.1. The van der Waals surface area contributed by atoms with Gasteiger partial charge in [0.05, 0.1) is 19.3 Å². The van der Waals surface area contributed by atoms with Gasteiger partial charge in [-0.05, 0) is 30.5 Å². The van der Waals surface area contributed by atoms with Gasteiger partial charge in [-0.1, -0.05) is 44.7 Å². The quantitative estimate of drug-likeness (QED) is 0.751. The van der Waals surface area contributed by atoms with Crippen LogP contribution in [0.15, 0.2) is 18.2 Å². The number of fused-ring (bicyclic) bond motifs is 1. The highest BCUT2D eigenvalue weighted by Gasteiger charge is 2.24. The number of amides is 1. The molecule has 1 amide bonds. The Kier molecular flexibility index (Phi) is 7.03. The van der Waals surface area contributed by atoms with E-state index in [-0.39, 0.29) is 12.1 Å². The van der Waals surface area contributed by atoms with Crippen LogP contribution in [0.25, 0.3) is 0 Å². The van der Waals surface area contributed by atoms with Gasteiger partial charge in [-0.15, -0.1) is 0 Å². The first-order valence-corrected chi connectivity index (χ1v) is 8.87. The van der Waals surface area contributed by atoms with Gasteiger partial charge >= 0.3 is 6.09 Å². The number of hydrogen-bond acceptors (Lipinski definition) is 3. The van der Waals surface area contributed by atoms with Crippen molar-refractivity contribution in [2.45, 2.75) is 52.0 Å². The third-order valence-electron chi connectivity index (χ3n) is 4.30. The Bertz CT molecular complexity index is 521. The number of rotatable bonds is 7. The molecule has 2 unspecified atom stereocenters. The predicted molar refractivity (Wildman–Crippen MR) is 92.1 cm³/mol. The standard InChI is InChI=1S/C18H26ClNO3/c1-3-5-6-13(4-2)12-23-18(21)20-16-9-10-22-17-8-7-14(19)11-15(16)17/h7-8,11,13,16H,3-6,9-10,12H2,1-2H3,(H,20,21). The lowest BCUT2D eigenvalue weighted by atomic mass is 10.0. The predicted octanol–water partition coefficient (Wildman–Crippen LogP) is 5.11. The molecule has 5 heteroatoms. The minimum Gasteiger partial charge on any atom is -0.493 e. The van der Waals surface area contributed by atoms with Crippen LogP contribution in [-0.4, -0.2) is 19.3 Å². The third-order valence-corrected chi connectivity index (χ3v) is 4.53. The Morgan fingerprint density at radius 3 is 3.04 bits per heavy atom. The van der Waals surface area contributed by atoms with Gasteiger partial charge in [0, 0.05) is 17.0 Å². The second-order valence-electron chi connectivity index (χ2n) is 6.03. The molecule has 0 fully saturated rings. The maximum Gasteiger partial charge on any atom is 0.407 e. The number of unbranched alkanes of at least 4 members (excludes halogenated alkanes) is 1. The molecule has 128 valence electrons. The van der Waals surface area contributed by atoms with Crippen molar-refractivity contribution in [1.29, 1.82) is 0 Å². The van der Waals surface area contributed by atoms with Crippen LogP contribution in [-0.2, 0) is 4.74 Å². The van der Waals surface area contributed by atoms with E-state index in [0.29, 0.717) is 24.2 Å². The summed E-state index contributed by atoms with van der Waals surface area (Å²) in [7, 11) is 0. The molecule has 0 aromatic heterocycles. The Hall–Kier alpha value is -1.42. The lowest BCUT2D eigenvalue weighted by Gasteiger charge is -2.27. The molecule has 0 radical (unpaired) electrons. The first-order chi connectivity index (χ1) is 11.1. The lowest BCUT2D eigenvalue weighted by molar-refractivity contribution is 0.116. The lowest BCUT2D eigenvalue weighted by Crippen LogP contribution is -2.33. The van der Waals surface area contributed by atoms with Gasteiger partial charge < -0.3 is 14.8 Å². The molecule has 0 spiro atoms. The van der Waals surface area contributed by atoms with Crippen LogP contribution in [0.1, 0.15) is 57.6 Å². The van der Waals surface area contributed by atoms with Crippen LogP contribution < -0.4 is 10.1 Å². The Morgan fingerprint density at radius 1 is 1.48 bits per heavy atom. The monoisotopic (exact) mass is 339 g/mol. The summed E-state index contributed by atoms with van der Waals surface area (Å²) in [5, 5.41) is 3.58. The molecule has 0 saturated heterocycles. The van der Waals surface area contributed by atoms with Crippen molar-refractivity contribution in [3.63, 3.8) is 0 Å². The van der Waals surface area contributed by atoms with Crippen molar-refractivity contribution in [2.24, 2.45) is 5.92 Å². The van der Waals surface area contributed by atoms with E-state index >= 15 is 0 Å². The van der Waals surface area contributed by atoms with Crippen LogP contribution >= 0.6 is 11.6 Å². The van der Waals surface area contributed by atoms with Crippen LogP contribution in [0.3, 0.4) is 0 Å². The van der Waals surface area contributed by atoms with Gasteiger partial charge in [0.2, 0.25) is 0 Å². The summed E-state index contributed by atoms with van der Waals surface area (Å²) in [6, 6.07) is 5.37. The van der Waals surface area contributed by atoms with Crippen molar-refractivity contribution in [3.05, 3.63) is 28.8 Å². The molecule has 1 heterocycles. The van der Waals surface area contributed by atoms with Crippen LogP contribution in [0.4, 0.5) is 4.79 Å². The number of halogens is 1. The number of carbonyl (C=O) groups excluding carboxylic acids is 1. The van der Waals surface area contributed by atoms with Crippen molar-refractivity contribution in [2.75, 3.05) is 13.2 Å². The van der Waals surface area contributed by atoms with Gasteiger partial charge in [-0.25, -0.2) is 4.79 Å². The Balaban J connectivity index is 1.88. The van der Waals surface area contributed by atoms with E-state index in [2.05, 4.69) is 19.2 Å². The van der Waals surface area contributed by atoms with Crippen molar-refractivity contribution in [1.82, 2.24) is 5.32 Å². The average molecular weight is 340 g/mol. The average Bonchev–Trinajstić information content (AvgIpc) is 2.55. The van der Waals surface area contributed by atoms with E-state index < -0.39 is 0 Å². The van der Waals surface area contributed by atoms with E-state index in [1.165, 1.54) is 12.8 Å². The minimum atomic E-state index is -0.363. The van der Waals surface area contributed by atoms with E-state index in [0.717, 1.165) is 30.6 Å². The third kappa shape index (κ3) is 5.31. The van der Waals surface area contributed by atoms with E-state index in [4.69, 9.17) is 21.1 Å². The molecule has 1 N–H and O–H groups in total. The zero-order chi connectivity index (χ0) is 16.7. The second-order valence-corrected chi connectivity index (χ2v) is 6.47. The van der Waals surface area contributed by atoms with E-state index in [9.17, 15) is 4.79 Å². The summed E-state index contributed by atoms with van der Waals surface area (Å²) in [5.41, 5.74) is 0.915. The highest BCUT2D eigenvalue weighted by atomic mass is 35.5. The fraction of sp³-hybridized carbons (Fsp3) is 0.611. The summed E-state index contributed by atoms with van der Waals surface area (Å²) >= 11 is 6.05. The normalized spacial score (nSPS) is 17.8. The van der Waals surface area contributed by atoms with Gasteiger partial charge in [-0.3, -0.25) is 0 Å². The summed E-state index contributed by atoms with van der Waals surface area (Å²) in [5.74, 6) is 1.22. The number of alkyl carbamates (subject to hydrolysis) is 1. The molecular formula is C18H26ClNO3. The molecule has 2 atom stereocenters. The number of ether oxygens (including phenoxy) is 2. The first kappa shape index (κ1) is 17.9. The minimum absolute atomic E-state index is 0.110. The zero-order valence-corrected chi connectivity index (χ0v) is 14.7. The SMILES string of the molecule is CCCCC(CC)COC(=O)NC1CCOc2ccc(Cl)cc21. The van der Waals surface area contributed by atoms with Gasteiger partial charge in [0.1, 0.15) is 5.75 Å². The Labute approximate surface area is 143 Å². The number of nitrogens with one attached hydrogen (secondary N) is 1. The molecule has 1 aliphatic rings. The molecule has 2 rings (SSSR count). The first-order valence-electron chi connectivity index (χ1n) is 8.49. The second kappa shape index (κ2) is 9.02. The molecule has 1 aromatic rings. The number of benzene rings is 1. The van der Waals surface area contributed by atoms with Crippen LogP contribution in [0, 0.1) is 5.92 Å². The fourth-order valence-electron chi connectivity index (χ4n) is 2.79. The molecule has 0 bridgehead atoms. The topological polar surface area (TPSA) is 47.6 Å². The highest BCUT2D eigenvalue weighted by molar-refractivity contribution is 6.30. The smallest absolute Gasteiger partial charge is 0.407 e. The van der Waals surface area contributed by atoms with Crippen molar-refractivity contribution >= 4 is 17.7 Å². The molecular weight excluding hydrogens is 314 g/mol. The van der Waals surface area contributed by atoms with Gasteiger partial charge in [0.25, 0.3) is 0 Å². The summed E-state index contributed by atoms with van der Waals surface area (Å²) < 4.78 is 11.0.